The van der Waals surface area contributed by atoms with Crippen molar-refractivity contribution in [2.24, 2.45) is 0 Å². The van der Waals surface area contributed by atoms with Crippen molar-refractivity contribution in [3.63, 3.8) is 0 Å². The Kier molecular flexibility index (Phi) is 9.15. The first-order valence-electron chi connectivity index (χ1n) is 9.71. The van der Waals surface area contributed by atoms with Gasteiger partial charge in [-0.25, -0.2) is 8.42 Å². The first kappa shape index (κ1) is 24.7. The Morgan fingerprint density at radius 2 is 1.73 bits per heavy atom. The number of hydrogen-bond acceptors (Lipinski definition) is 4. The maximum absolute atomic E-state index is 12.8. The Labute approximate surface area is 191 Å². The Hall–Kier alpha value is -1.61. The Bertz CT molecular complexity index is 961. The van der Waals surface area contributed by atoms with E-state index in [1.54, 1.807) is 37.3 Å². The summed E-state index contributed by atoms with van der Waals surface area (Å²) < 4.78 is 33.4. The van der Waals surface area contributed by atoms with Gasteiger partial charge in [0.05, 0.1) is 9.37 Å². The molecule has 2 rings (SSSR count). The zero-order valence-corrected chi connectivity index (χ0v) is 20.4. The average molecular weight is 518 g/mol. The van der Waals surface area contributed by atoms with Gasteiger partial charge in [-0.1, -0.05) is 25.4 Å². The summed E-state index contributed by atoms with van der Waals surface area (Å²) in [7, 11) is -3.56. The third-order valence-electron chi connectivity index (χ3n) is 4.27. The third kappa shape index (κ3) is 6.44. The molecule has 9 heteroatoms. The van der Waals surface area contributed by atoms with Gasteiger partial charge in [0.2, 0.25) is 10.0 Å². The van der Waals surface area contributed by atoms with Crippen LogP contribution >= 0.6 is 27.5 Å². The van der Waals surface area contributed by atoms with Crippen LogP contribution in [0.2, 0.25) is 5.02 Å². The minimum absolute atomic E-state index is 0.205. The number of benzene rings is 2. The largest absolute Gasteiger partial charge is 0.480 e. The lowest BCUT2D eigenvalue weighted by Gasteiger charge is -2.21. The van der Waals surface area contributed by atoms with Crippen molar-refractivity contribution in [1.82, 2.24) is 4.31 Å². The van der Waals surface area contributed by atoms with Crippen molar-refractivity contribution in [2.75, 3.05) is 18.4 Å². The van der Waals surface area contributed by atoms with E-state index in [0.717, 1.165) is 12.8 Å². The summed E-state index contributed by atoms with van der Waals surface area (Å²) in [5.41, 5.74) is 0.488. The monoisotopic (exact) mass is 516 g/mol. The maximum atomic E-state index is 12.8. The second kappa shape index (κ2) is 11.1. The molecule has 164 valence electrons. The number of amides is 1. The lowest BCUT2D eigenvalue weighted by molar-refractivity contribution is -0.122. The van der Waals surface area contributed by atoms with Gasteiger partial charge in [-0.15, -0.1) is 0 Å². The summed E-state index contributed by atoms with van der Waals surface area (Å²) in [4.78, 5) is 12.7. The summed E-state index contributed by atoms with van der Waals surface area (Å²) in [6.07, 6.45) is 0.722. The highest BCUT2D eigenvalue weighted by Crippen LogP contribution is 2.29. The van der Waals surface area contributed by atoms with Crippen LogP contribution in [0.15, 0.2) is 51.8 Å². The van der Waals surface area contributed by atoms with Crippen molar-refractivity contribution < 1.29 is 17.9 Å². The number of halogens is 2. The molecule has 0 radical (unpaired) electrons. The van der Waals surface area contributed by atoms with Gasteiger partial charge < -0.3 is 10.1 Å². The normalized spacial score (nSPS) is 12.6. The summed E-state index contributed by atoms with van der Waals surface area (Å²) in [5.74, 6) is 0.140. The lowest BCUT2D eigenvalue weighted by atomic mass is 10.3. The Morgan fingerprint density at radius 3 is 2.27 bits per heavy atom. The van der Waals surface area contributed by atoms with Crippen LogP contribution in [0.3, 0.4) is 0 Å². The van der Waals surface area contributed by atoms with Gasteiger partial charge in [0.1, 0.15) is 5.75 Å². The molecule has 1 amide bonds. The van der Waals surface area contributed by atoms with Crippen molar-refractivity contribution in [2.45, 2.75) is 44.6 Å². The van der Waals surface area contributed by atoms with Gasteiger partial charge in [-0.2, -0.15) is 4.31 Å². The summed E-state index contributed by atoms with van der Waals surface area (Å²) in [6.45, 7) is 6.47. The predicted molar refractivity (Wildman–Crippen MR) is 124 cm³/mol. The van der Waals surface area contributed by atoms with Gasteiger partial charge in [-0.3, -0.25) is 4.79 Å². The Balaban J connectivity index is 2.06. The van der Waals surface area contributed by atoms with E-state index in [1.165, 1.54) is 16.4 Å². The zero-order chi connectivity index (χ0) is 22.3. The van der Waals surface area contributed by atoms with Gasteiger partial charge in [0.15, 0.2) is 6.10 Å². The van der Waals surface area contributed by atoms with Gasteiger partial charge in [-0.05, 0) is 78.2 Å². The molecule has 0 fully saturated rings. The van der Waals surface area contributed by atoms with Crippen molar-refractivity contribution in [3.05, 3.63) is 52.0 Å². The minimum Gasteiger partial charge on any atom is -0.480 e. The second-order valence-corrected chi connectivity index (χ2v) is 9.98. The van der Waals surface area contributed by atoms with Gasteiger partial charge in [0.25, 0.3) is 5.91 Å². The minimum atomic E-state index is -3.56. The number of rotatable bonds is 10. The number of sulfonamides is 1. The van der Waals surface area contributed by atoms with E-state index in [4.69, 9.17) is 16.3 Å². The quantitative estimate of drug-likeness (QED) is 0.463. The highest BCUT2D eigenvalue weighted by Gasteiger charge is 2.23. The first-order chi connectivity index (χ1) is 14.2. The lowest BCUT2D eigenvalue weighted by Crippen LogP contribution is -2.32. The summed E-state index contributed by atoms with van der Waals surface area (Å²) in [6, 6.07) is 11.2. The molecule has 30 heavy (non-hydrogen) atoms. The number of carbonyl (C=O) groups is 1. The molecule has 0 aliphatic rings. The topological polar surface area (TPSA) is 75.7 Å². The molecular formula is C21H26BrClN2O4S. The first-order valence-corrected chi connectivity index (χ1v) is 12.3. The molecule has 1 atom stereocenters. The van der Waals surface area contributed by atoms with Crippen molar-refractivity contribution in [1.29, 1.82) is 0 Å². The standard InChI is InChI=1S/C21H26BrClN2O4S/c1-4-12-25(13-5-2)30(27,28)18-9-7-17(8-10-18)24-21(26)15(3)29-20-11-6-16(23)14-19(20)22/h6-11,14-15H,4-5,12-13H2,1-3H3,(H,24,26). The number of anilines is 1. The zero-order valence-electron chi connectivity index (χ0n) is 17.2. The highest BCUT2D eigenvalue weighted by molar-refractivity contribution is 9.10. The molecule has 1 unspecified atom stereocenters. The molecule has 0 aromatic heterocycles. The number of nitrogens with zero attached hydrogens (tertiary/aromatic N) is 1. The fourth-order valence-corrected chi connectivity index (χ4v) is 5.17. The van der Waals surface area contributed by atoms with Gasteiger partial charge in [0, 0.05) is 23.8 Å². The van der Waals surface area contributed by atoms with E-state index < -0.39 is 16.1 Å². The van der Waals surface area contributed by atoms with Crippen LogP contribution < -0.4 is 10.1 Å². The maximum Gasteiger partial charge on any atom is 0.265 e. The van der Waals surface area contributed by atoms with Crippen LogP contribution in [0.4, 0.5) is 5.69 Å². The molecule has 0 saturated carbocycles. The Morgan fingerprint density at radius 1 is 1.13 bits per heavy atom. The van der Waals surface area contributed by atoms with Crippen molar-refractivity contribution in [3.8, 4) is 5.75 Å². The van der Waals surface area contributed by atoms with Crippen LogP contribution in [-0.2, 0) is 14.8 Å². The second-order valence-electron chi connectivity index (χ2n) is 6.75. The number of ether oxygens (including phenoxy) is 1. The molecule has 1 N–H and O–H groups in total. The molecule has 2 aromatic carbocycles. The molecule has 0 aliphatic heterocycles. The number of hydrogen-bond donors (Lipinski definition) is 1. The molecule has 0 aliphatic carbocycles. The predicted octanol–water partition coefficient (Wildman–Crippen LogP) is 5.32. The molecule has 2 aromatic rings. The van der Waals surface area contributed by atoms with E-state index in [9.17, 15) is 13.2 Å². The van der Waals surface area contributed by atoms with E-state index in [0.29, 0.717) is 34.0 Å². The molecule has 0 bridgehead atoms. The van der Waals surface area contributed by atoms with Crippen LogP contribution in [0, 0.1) is 0 Å². The highest BCUT2D eigenvalue weighted by atomic mass is 79.9. The fourth-order valence-electron chi connectivity index (χ4n) is 2.77. The third-order valence-corrected chi connectivity index (χ3v) is 7.04. The van der Waals surface area contributed by atoms with Gasteiger partial charge >= 0.3 is 0 Å². The average Bonchev–Trinajstić information content (AvgIpc) is 2.70. The van der Waals surface area contributed by atoms with Crippen LogP contribution in [0.1, 0.15) is 33.6 Å². The summed E-state index contributed by atoms with van der Waals surface area (Å²) >= 11 is 9.26. The van der Waals surface area contributed by atoms with Crippen LogP contribution in [0.5, 0.6) is 5.75 Å². The molecule has 0 saturated heterocycles. The molecular weight excluding hydrogens is 492 g/mol. The molecule has 0 heterocycles. The fraction of sp³-hybridized carbons (Fsp3) is 0.381. The van der Waals surface area contributed by atoms with Crippen LogP contribution in [-0.4, -0.2) is 37.8 Å². The van der Waals surface area contributed by atoms with Crippen LogP contribution in [0.25, 0.3) is 0 Å². The summed E-state index contributed by atoms with van der Waals surface area (Å²) in [5, 5.41) is 3.29. The number of nitrogens with one attached hydrogen (secondary N) is 1. The van der Waals surface area contributed by atoms with E-state index in [2.05, 4.69) is 21.2 Å². The number of carbonyl (C=O) groups excluding carboxylic acids is 1. The van der Waals surface area contributed by atoms with E-state index in [1.807, 2.05) is 13.8 Å². The van der Waals surface area contributed by atoms with E-state index >= 15 is 0 Å². The van der Waals surface area contributed by atoms with Crippen molar-refractivity contribution >= 4 is 49.1 Å². The molecule has 0 spiro atoms. The molecule has 6 nitrogen and oxygen atoms in total. The van der Waals surface area contributed by atoms with E-state index in [-0.39, 0.29) is 10.8 Å². The SMILES string of the molecule is CCCN(CCC)S(=O)(=O)c1ccc(NC(=O)C(C)Oc2ccc(Cl)cc2Br)cc1. The smallest absolute Gasteiger partial charge is 0.265 e.